The van der Waals surface area contributed by atoms with Crippen LogP contribution in [0.2, 0.25) is 5.02 Å². The van der Waals surface area contributed by atoms with Crippen LogP contribution in [0.25, 0.3) is 0 Å². The van der Waals surface area contributed by atoms with Crippen LogP contribution >= 0.6 is 27.5 Å². The van der Waals surface area contributed by atoms with Crippen molar-refractivity contribution in [2.24, 2.45) is 0 Å². The van der Waals surface area contributed by atoms with Crippen molar-refractivity contribution in [1.82, 2.24) is 10.2 Å². The summed E-state index contributed by atoms with van der Waals surface area (Å²) in [4.78, 5) is 29.4. The zero-order valence-electron chi connectivity index (χ0n) is 23.9. The van der Waals surface area contributed by atoms with Crippen LogP contribution in [-0.4, -0.2) is 44.3 Å². The summed E-state index contributed by atoms with van der Waals surface area (Å²) in [6.07, 6.45) is 0.242. The first-order chi connectivity index (χ1) is 20.6. The van der Waals surface area contributed by atoms with E-state index in [2.05, 4.69) is 21.2 Å². The molecule has 0 aromatic heterocycles. The molecule has 2 amide bonds. The summed E-state index contributed by atoms with van der Waals surface area (Å²) in [5.74, 6) is -0.881. The molecule has 43 heavy (non-hydrogen) atoms. The van der Waals surface area contributed by atoms with Gasteiger partial charge in [-0.05, 0) is 61.4 Å². The number of hydrogen-bond donors (Lipinski definition) is 1. The van der Waals surface area contributed by atoms with Crippen molar-refractivity contribution >= 4 is 55.1 Å². The third-order valence-corrected chi connectivity index (χ3v) is 9.52. The van der Waals surface area contributed by atoms with Gasteiger partial charge in [0.05, 0.1) is 15.6 Å². The Morgan fingerprint density at radius 3 is 2.12 bits per heavy atom. The van der Waals surface area contributed by atoms with Crippen LogP contribution in [0.3, 0.4) is 0 Å². The lowest BCUT2D eigenvalue weighted by Gasteiger charge is -2.34. The standard InChI is InChI=1S/C33H33BrClN3O4S/c1-3-36-33(40)31(21-25-9-5-4-6-10-25)37(22-26-15-17-27(34)18-16-26)32(39)23-38(30-12-8-7-11-29(30)35)43(41,42)28-19-13-24(2)14-20-28/h4-20,31H,3,21-23H2,1-2H3,(H,36,40). The SMILES string of the molecule is CCNC(=O)C(Cc1ccccc1)N(Cc1ccc(Br)cc1)C(=O)CN(c1ccccc1Cl)S(=O)(=O)c1ccc(C)cc1. The van der Waals surface area contributed by atoms with Crippen LogP contribution in [0.1, 0.15) is 23.6 Å². The number of carbonyl (C=O) groups excluding carboxylic acids is 2. The lowest BCUT2D eigenvalue weighted by molar-refractivity contribution is -0.140. The summed E-state index contributed by atoms with van der Waals surface area (Å²) in [6.45, 7) is 3.56. The van der Waals surface area contributed by atoms with Crippen molar-refractivity contribution < 1.29 is 18.0 Å². The fourth-order valence-electron chi connectivity index (χ4n) is 4.64. The van der Waals surface area contributed by atoms with Crippen LogP contribution in [0, 0.1) is 6.92 Å². The number of para-hydroxylation sites is 1. The normalized spacial score (nSPS) is 11.9. The van der Waals surface area contributed by atoms with E-state index in [9.17, 15) is 18.0 Å². The number of hydrogen-bond acceptors (Lipinski definition) is 4. The Hall–Kier alpha value is -3.66. The van der Waals surface area contributed by atoms with E-state index < -0.39 is 28.5 Å². The van der Waals surface area contributed by atoms with Gasteiger partial charge in [0, 0.05) is 24.0 Å². The van der Waals surface area contributed by atoms with E-state index in [4.69, 9.17) is 11.6 Å². The van der Waals surface area contributed by atoms with Crippen molar-refractivity contribution in [3.8, 4) is 0 Å². The Kier molecular flexibility index (Phi) is 11.0. The van der Waals surface area contributed by atoms with Crippen molar-refractivity contribution in [3.63, 3.8) is 0 Å². The van der Waals surface area contributed by atoms with Gasteiger partial charge in [-0.15, -0.1) is 0 Å². The average Bonchev–Trinajstić information content (AvgIpc) is 3.00. The highest BCUT2D eigenvalue weighted by molar-refractivity contribution is 9.10. The molecule has 0 aliphatic heterocycles. The molecule has 10 heteroatoms. The molecule has 0 spiro atoms. The smallest absolute Gasteiger partial charge is 0.264 e. The van der Waals surface area contributed by atoms with Crippen LogP contribution in [0.4, 0.5) is 5.69 Å². The summed E-state index contributed by atoms with van der Waals surface area (Å²) in [5.41, 5.74) is 2.71. The largest absolute Gasteiger partial charge is 0.355 e. The topological polar surface area (TPSA) is 86.8 Å². The lowest BCUT2D eigenvalue weighted by atomic mass is 10.0. The molecule has 1 atom stereocenters. The van der Waals surface area contributed by atoms with E-state index in [-0.39, 0.29) is 34.5 Å². The van der Waals surface area contributed by atoms with Crippen molar-refractivity contribution in [3.05, 3.63) is 129 Å². The van der Waals surface area contributed by atoms with Crippen molar-refractivity contribution in [2.45, 2.75) is 37.8 Å². The van der Waals surface area contributed by atoms with Gasteiger partial charge in [0.25, 0.3) is 10.0 Å². The van der Waals surface area contributed by atoms with E-state index in [1.807, 2.05) is 68.4 Å². The Morgan fingerprint density at radius 1 is 0.860 bits per heavy atom. The van der Waals surface area contributed by atoms with Gasteiger partial charge in [0.15, 0.2) is 0 Å². The number of amides is 2. The van der Waals surface area contributed by atoms with E-state index in [1.54, 1.807) is 36.4 Å². The van der Waals surface area contributed by atoms with Gasteiger partial charge in [-0.25, -0.2) is 8.42 Å². The Balaban J connectivity index is 1.80. The molecular formula is C33H33BrClN3O4S. The number of benzene rings is 4. The molecule has 4 aromatic carbocycles. The first-order valence-corrected chi connectivity index (χ1v) is 16.4. The highest BCUT2D eigenvalue weighted by Gasteiger charge is 2.35. The first-order valence-electron chi connectivity index (χ1n) is 13.8. The van der Waals surface area contributed by atoms with Gasteiger partial charge >= 0.3 is 0 Å². The number of carbonyl (C=O) groups is 2. The molecule has 0 heterocycles. The minimum absolute atomic E-state index is 0.0230. The molecular weight excluding hydrogens is 650 g/mol. The summed E-state index contributed by atoms with van der Waals surface area (Å²) in [7, 11) is -4.22. The van der Waals surface area contributed by atoms with E-state index >= 15 is 0 Å². The third-order valence-electron chi connectivity index (χ3n) is 6.90. The van der Waals surface area contributed by atoms with Crippen LogP contribution < -0.4 is 9.62 Å². The number of sulfonamides is 1. The Labute approximate surface area is 266 Å². The van der Waals surface area contributed by atoms with E-state index in [0.717, 1.165) is 25.5 Å². The van der Waals surface area contributed by atoms with Gasteiger partial charge < -0.3 is 10.2 Å². The fourth-order valence-corrected chi connectivity index (χ4v) is 6.62. The third kappa shape index (κ3) is 8.25. The number of nitrogens with zero attached hydrogens (tertiary/aromatic N) is 2. The minimum Gasteiger partial charge on any atom is -0.355 e. The number of rotatable bonds is 12. The summed E-state index contributed by atoms with van der Waals surface area (Å²) >= 11 is 9.95. The summed E-state index contributed by atoms with van der Waals surface area (Å²) < 4.78 is 30.0. The fraction of sp³-hybridized carbons (Fsp3) is 0.212. The van der Waals surface area contributed by atoms with Gasteiger partial charge in [-0.1, -0.05) is 99.8 Å². The zero-order valence-corrected chi connectivity index (χ0v) is 27.1. The Morgan fingerprint density at radius 2 is 1.49 bits per heavy atom. The van der Waals surface area contributed by atoms with Crippen LogP contribution in [0.5, 0.6) is 0 Å². The molecule has 1 N–H and O–H groups in total. The maximum Gasteiger partial charge on any atom is 0.264 e. The number of anilines is 1. The maximum atomic E-state index is 14.4. The second-order valence-corrected chi connectivity index (χ2v) is 13.2. The van der Waals surface area contributed by atoms with E-state index in [1.165, 1.54) is 17.0 Å². The second kappa shape index (κ2) is 14.7. The molecule has 4 rings (SSSR count). The molecule has 0 bridgehead atoms. The zero-order chi connectivity index (χ0) is 31.0. The van der Waals surface area contributed by atoms with Crippen LogP contribution in [-0.2, 0) is 32.6 Å². The molecule has 7 nitrogen and oxygen atoms in total. The number of likely N-dealkylation sites (N-methyl/N-ethyl adjacent to an activating group) is 1. The van der Waals surface area contributed by atoms with Crippen molar-refractivity contribution in [1.29, 1.82) is 0 Å². The predicted octanol–water partition coefficient (Wildman–Crippen LogP) is 6.38. The highest BCUT2D eigenvalue weighted by Crippen LogP contribution is 2.31. The highest BCUT2D eigenvalue weighted by atomic mass is 79.9. The van der Waals surface area contributed by atoms with Crippen LogP contribution in [0.15, 0.2) is 112 Å². The molecule has 0 aliphatic carbocycles. The molecule has 0 saturated carbocycles. The molecule has 1 unspecified atom stereocenters. The quantitative estimate of drug-likeness (QED) is 0.188. The predicted molar refractivity (Wildman–Crippen MR) is 174 cm³/mol. The van der Waals surface area contributed by atoms with E-state index in [0.29, 0.717) is 6.54 Å². The number of halogens is 2. The lowest BCUT2D eigenvalue weighted by Crippen LogP contribution is -2.53. The molecule has 0 aliphatic rings. The molecule has 0 radical (unpaired) electrons. The second-order valence-electron chi connectivity index (χ2n) is 10.0. The van der Waals surface area contributed by atoms with Crippen molar-refractivity contribution in [2.75, 3.05) is 17.4 Å². The summed E-state index contributed by atoms with van der Waals surface area (Å²) in [6, 6.07) is 28.8. The average molecular weight is 683 g/mol. The Bertz CT molecular complexity index is 1650. The molecule has 224 valence electrons. The molecule has 4 aromatic rings. The van der Waals surface area contributed by atoms with Gasteiger partial charge in [0.1, 0.15) is 12.6 Å². The number of aryl methyl sites for hydroxylation is 1. The van der Waals surface area contributed by atoms with Gasteiger partial charge in [-0.3, -0.25) is 13.9 Å². The monoisotopic (exact) mass is 681 g/mol. The minimum atomic E-state index is -4.22. The first kappa shape index (κ1) is 32.3. The van der Waals surface area contributed by atoms with Gasteiger partial charge in [-0.2, -0.15) is 0 Å². The maximum absolute atomic E-state index is 14.4. The molecule has 0 saturated heterocycles. The molecule has 0 fully saturated rings. The summed E-state index contributed by atoms with van der Waals surface area (Å²) in [5, 5.41) is 3.03. The van der Waals surface area contributed by atoms with Gasteiger partial charge in [0.2, 0.25) is 11.8 Å². The number of nitrogens with one attached hydrogen (secondary N) is 1.